The Hall–Kier alpha value is -2.95. The molecule has 1 aliphatic rings. The quantitative estimate of drug-likeness (QED) is 0.243. The van der Waals surface area contributed by atoms with Crippen LogP contribution in [0.15, 0.2) is 39.1 Å². The normalized spacial score (nSPS) is 16.0. The van der Waals surface area contributed by atoms with Crippen molar-refractivity contribution in [2.45, 2.75) is 73.3 Å². The number of ketones is 1. The zero-order valence-electron chi connectivity index (χ0n) is 20.4. The first kappa shape index (κ1) is 24.7. The maximum absolute atomic E-state index is 14.9. The summed E-state index contributed by atoms with van der Waals surface area (Å²) in [6, 6.07) is 0. The zero-order valence-corrected chi connectivity index (χ0v) is 20.4. The second-order valence-electron chi connectivity index (χ2n) is 9.03. The van der Waals surface area contributed by atoms with Gasteiger partial charge in [-0.1, -0.05) is 58.4 Å². The largest absolute Gasteiger partial charge is 0.481 e. The van der Waals surface area contributed by atoms with Crippen LogP contribution >= 0.6 is 0 Å². The van der Waals surface area contributed by atoms with E-state index in [0.29, 0.717) is 28.7 Å². The van der Waals surface area contributed by atoms with Crippen molar-refractivity contribution < 1.29 is 18.3 Å². The lowest BCUT2D eigenvalue weighted by Gasteiger charge is -2.27. The molecule has 0 aliphatic carbocycles. The lowest BCUT2D eigenvalue weighted by molar-refractivity contribution is 0.0967. The molecule has 1 aromatic carbocycles. The van der Waals surface area contributed by atoms with Gasteiger partial charge in [0.25, 0.3) is 0 Å². The summed E-state index contributed by atoms with van der Waals surface area (Å²) in [5, 5.41) is 0.381. The lowest BCUT2D eigenvalue weighted by atomic mass is 9.88. The van der Waals surface area contributed by atoms with Gasteiger partial charge in [0.1, 0.15) is 11.9 Å². The molecule has 3 rings (SSSR count). The van der Waals surface area contributed by atoms with Crippen LogP contribution in [0.1, 0.15) is 80.9 Å². The molecule has 1 unspecified atom stereocenters. The van der Waals surface area contributed by atoms with Crippen molar-refractivity contribution in [3.63, 3.8) is 0 Å². The Labute approximate surface area is 194 Å². The van der Waals surface area contributed by atoms with Crippen molar-refractivity contribution in [3.8, 4) is 5.75 Å². The maximum atomic E-state index is 14.9. The van der Waals surface area contributed by atoms with Crippen molar-refractivity contribution >= 4 is 22.8 Å². The molecule has 0 bridgehead atoms. The van der Waals surface area contributed by atoms with Gasteiger partial charge in [-0.05, 0) is 49.8 Å². The topological polar surface area (TPSA) is 56.5 Å². The van der Waals surface area contributed by atoms with Crippen LogP contribution in [0.2, 0.25) is 0 Å². The van der Waals surface area contributed by atoms with Gasteiger partial charge in [-0.2, -0.15) is 4.39 Å². The fourth-order valence-electron chi connectivity index (χ4n) is 4.22. The van der Waals surface area contributed by atoms with Crippen molar-refractivity contribution in [2.24, 2.45) is 5.92 Å². The van der Waals surface area contributed by atoms with E-state index in [4.69, 9.17) is 9.15 Å². The molecule has 2 heterocycles. The number of benzene rings is 1. The van der Waals surface area contributed by atoms with E-state index in [2.05, 4.69) is 13.0 Å². The molecule has 0 spiro atoms. The molecule has 2 aromatic rings. The third-order valence-electron chi connectivity index (χ3n) is 5.95. The minimum Gasteiger partial charge on any atom is -0.481 e. The number of hydrogen-bond donors (Lipinski definition) is 0. The van der Waals surface area contributed by atoms with Gasteiger partial charge in [0.05, 0.1) is 10.9 Å². The highest BCUT2D eigenvalue weighted by Crippen LogP contribution is 2.42. The van der Waals surface area contributed by atoms with Gasteiger partial charge < -0.3 is 9.15 Å². The molecule has 0 radical (unpaired) electrons. The monoisotopic (exact) mass is 452 g/mol. The van der Waals surface area contributed by atoms with Crippen molar-refractivity contribution in [1.82, 2.24) is 0 Å². The molecule has 4 nitrogen and oxygen atoms in total. The summed E-state index contributed by atoms with van der Waals surface area (Å²) in [4.78, 5) is 25.5. The summed E-state index contributed by atoms with van der Waals surface area (Å²) < 4.78 is 26.6. The van der Waals surface area contributed by atoms with Crippen LogP contribution < -0.4 is 10.4 Å². The molecular weight excluding hydrogens is 419 g/mol. The number of hydrogen-bond acceptors (Lipinski definition) is 4. The molecule has 1 aliphatic heterocycles. The molecule has 0 amide bonds. The average molecular weight is 453 g/mol. The molecule has 33 heavy (non-hydrogen) atoms. The highest BCUT2D eigenvalue weighted by Gasteiger charge is 2.30. The number of Topliss-reactive ketones (excluding diaryl/α,β-unsaturated/α-hetero) is 1. The molecule has 5 heteroatoms. The minimum atomic E-state index is -1.06. The van der Waals surface area contributed by atoms with Gasteiger partial charge in [0, 0.05) is 17.5 Å². The third-order valence-corrected chi connectivity index (χ3v) is 5.95. The Kier molecular flexibility index (Phi) is 7.72. The number of allylic oxidation sites excluding steroid dienone is 3. The molecule has 0 N–H and O–H groups in total. The summed E-state index contributed by atoms with van der Waals surface area (Å²) in [5.41, 5.74) is 2.02. The van der Waals surface area contributed by atoms with Gasteiger partial charge in [-0.25, -0.2) is 4.79 Å². The predicted octanol–water partition coefficient (Wildman–Crippen LogP) is 7.11. The van der Waals surface area contributed by atoms with Crippen LogP contribution in [-0.4, -0.2) is 11.9 Å². The average Bonchev–Trinajstić information content (AvgIpc) is 2.77. The Bertz CT molecular complexity index is 1210. The summed E-state index contributed by atoms with van der Waals surface area (Å²) in [5.74, 6) is -0.464. The Balaban J connectivity index is 2.27. The minimum absolute atomic E-state index is 0.124. The van der Waals surface area contributed by atoms with Crippen molar-refractivity contribution in [2.75, 3.05) is 0 Å². The van der Waals surface area contributed by atoms with Crippen LogP contribution in [0.3, 0.4) is 0 Å². The number of fused-ring (bicyclic) bond motifs is 3. The summed E-state index contributed by atoms with van der Waals surface area (Å²) in [6.07, 6.45) is 12.3. The number of rotatable bonds is 8. The molecule has 0 saturated carbocycles. The molecule has 176 valence electrons. The summed E-state index contributed by atoms with van der Waals surface area (Å²) >= 11 is 0. The number of ether oxygens (including phenoxy) is 1. The van der Waals surface area contributed by atoms with Gasteiger partial charge in [-0.15, -0.1) is 0 Å². The summed E-state index contributed by atoms with van der Waals surface area (Å²) in [7, 11) is 0. The molecule has 1 aromatic heterocycles. The van der Waals surface area contributed by atoms with Crippen molar-refractivity contribution in [1.29, 1.82) is 0 Å². The second-order valence-corrected chi connectivity index (χ2v) is 9.03. The smallest absolute Gasteiger partial charge is 0.372 e. The zero-order chi connectivity index (χ0) is 24.3. The standard InChI is InChI=1S/C28H33FO4/c1-7-9-10-11-12-17(5)22-14-13-20-18(6)23(21(30)15-16(3)4)27-24(26(20)32-22)19(8-2)25(29)28(31)33-27/h10-14,16,22H,7-9,15H2,1-6H3/b11-10-,17-12+. The lowest BCUT2D eigenvalue weighted by Crippen LogP contribution is -2.21. The van der Waals surface area contributed by atoms with Crippen LogP contribution in [0.4, 0.5) is 4.39 Å². The third kappa shape index (κ3) is 4.87. The first-order valence-corrected chi connectivity index (χ1v) is 11.7. The van der Waals surface area contributed by atoms with E-state index in [-0.39, 0.29) is 35.4 Å². The summed E-state index contributed by atoms with van der Waals surface area (Å²) in [6.45, 7) is 11.6. The van der Waals surface area contributed by atoms with E-state index in [9.17, 15) is 14.0 Å². The number of unbranched alkanes of at least 4 members (excludes halogenated alkanes) is 1. The number of aryl methyl sites for hydroxylation is 1. The highest BCUT2D eigenvalue weighted by molar-refractivity contribution is 6.11. The second kappa shape index (κ2) is 10.3. The Morgan fingerprint density at radius 1 is 1.27 bits per heavy atom. The van der Waals surface area contributed by atoms with E-state index in [1.807, 2.05) is 52.0 Å². The number of carbonyl (C=O) groups is 1. The van der Waals surface area contributed by atoms with E-state index in [1.54, 1.807) is 6.92 Å². The Morgan fingerprint density at radius 3 is 2.64 bits per heavy atom. The van der Waals surface area contributed by atoms with Crippen LogP contribution in [0.25, 0.3) is 17.0 Å². The van der Waals surface area contributed by atoms with Crippen LogP contribution in [-0.2, 0) is 6.42 Å². The van der Waals surface area contributed by atoms with Gasteiger partial charge in [0.2, 0.25) is 5.82 Å². The molecule has 0 saturated heterocycles. The maximum Gasteiger partial charge on any atom is 0.372 e. The van der Waals surface area contributed by atoms with Crippen LogP contribution in [0, 0.1) is 18.7 Å². The first-order chi connectivity index (χ1) is 15.7. The van der Waals surface area contributed by atoms with E-state index >= 15 is 0 Å². The molecular formula is C28H33FO4. The fourth-order valence-corrected chi connectivity index (χ4v) is 4.22. The number of carbonyl (C=O) groups excluding carboxylic acids is 1. The number of halogens is 1. The Morgan fingerprint density at radius 2 is 2.00 bits per heavy atom. The van der Waals surface area contributed by atoms with Gasteiger partial charge >= 0.3 is 5.63 Å². The fraction of sp³-hybridized carbons (Fsp3) is 0.429. The predicted molar refractivity (Wildman–Crippen MR) is 132 cm³/mol. The molecule has 0 fully saturated rings. The van der Waals surface area contributed by atoms with Gasteiger partial charge in [0.15, 0.2) is 11.4 Å². The van der Waals surface area contributed by atoms with Crippen molar-refractivity contribution in [3.05, 3.63) is 68.4 Å². The first-order valence-electron chi connectivity index (χ1n) is 11.7. The highest BCUT2D eigenvalue weighted by atomic mass is 19.1. The SMILES string of the molecule is CCC/C=C\C=C(/C)C1C=Cc2c(C)c(C(=O)CC(C)C)c3oc(=O)c(F)c(CC)c3c2O1. The van der Waals surface area contributed by atoms with Gasteiger partial charge in [-0.3, -0.25) is 4.79 Å². The van der Waals surface area contributed by atoms with E-state index in [1.165, 1.54) is 0 Å². The van der Waals surface area contributed by atoms with E-state index in [0.717, 1.165) is 24.0 Å². The van der Waals surface area contributed by atoms with Crippen LogP contribution in [0.5, 0.6) is 5.75 Å². The van der Waals surface area contributed by atoms with E-state index < -0.39 is 11.4 Å². The molecule has 1 atom stereocenters.